The normalized spacial score (nSPS) is 25.5. The molecular weight excluding hydrogens is 252 g/mol. The molecule has 0 aromatic carbocycles. The van der Waals surface area contributed by atoms with Gasteiger partial charge >= 0.3 is 5.97 Å². The Morgan fingerprint density at radius 3 is 2.50 bits per heavy atom. The van der Waals surface area contributed by atoms with Crippen molar-refractivity contribution in [2.75, 3.05) is 12.3 Å². The van der Waals surface area contributed by atoms with Gasteiger partial charge in [0, 0.05) is 12.3 Å². The minimum Gasteiger partial charge on any atom is -0.480 e. The van der Waals surface area contributed by atoms with Crippen LogP contribution in [0.2, 0.25) is 0 Å². The molecule has 3 atom stereocenters. The van der Waals surface area contributed by atoms with Gasteiger partial charge in [-0.3, -0.25) is 4.79 Å². The summed E-state index contributed by atoms with van der Waals surface area (Å²) in [7, 11) is 0. The van der Waals surface area contributed by atoms with E-state index in [9.17, 15) is 14.7 Å². The lowest BCUT2D eigenvalue weighted by molar-refractivity contribution is -0.151. The predicted molar refractivity (Wildman–Crippen MR) is 72.2 cm³/mol. The van der Waals surface area contributed by atoms with E-state index in [2.05, 4.69) is 0 Å². The second-order valence-electron chi connectivity index (χ2n) is 4.88. The van der Waals surface area contributed by atoms with E-state index >= 15 is 0 Å². The summed E-state index contributed by atoms with van der Waals surface area (Å²) < 4.78 is 0. The quantitative estimate of drug-likeness (QED) is 0.781. The van der Waals surface area contributed by atoms with Crippen LogP contribution in [0.3, 0.4) is 0 Å². The molecule has 0 aromatic heterocycles. The van der Waals surface area contributed by atoms with Crippen LogP contribution in [0.4, 0.5) is 0 Å². The lowest BCUT2D eigenvalue weighted by Gasteiger charge is -2.31. The van der Waals surface area contributed by atoms with Gasteiger partial charge in [-0.25, -0.2) is 4.79 Å². The molecule has 1 amide bonds. The molecule has 0 aromatic rings. The second-order valence-corrected chi connectivity index (χ2v) is 6.09. The van der Waals surface area contributed by atoms with Gasteiger partial charge < -0.3 is 15.7 Å². The topological polar surface area (TPSA) is 83.6 Å². The summed E-state index contributed by atoms with van der Waals surface area (Å²) in [4.78, 5) is 25.2. The molecule has 1 fully saturated rings. The lowest BCUT2D eigenvalue weighted by atomic mass is 9.94. The van der Waals surface area contributed by atoms with Gasteiger partial charge in [0.05, 0.1) is 11.3 Å². The number of carbonyl (C=O) groups excluding carboxylic acids is 1. The lowest BCUT2D eigenvalue weighted by Crippen LogP contribution is -2.50. The fraction of sp³-hybridized carbons (Fsp3) is 0.833. The molecule has 6 heteroatoms. The number of aliphatic carboxylic acids is 1. The van der Waals surface area contributed by atoms with Gasteiger partial charge in [0.1, 0.15) is 6.04 Å². The molecule has 1 aliphatic heterocycles. The summed E-state index contributed by atoms with van der Waals surface area (Å²) in [6.45, 7) is 6.11. The molecule has 0 bridgehead atoms. The van der Waals surface area contributed by atoms with E-state index in [0.717, 1.165) is 6.42 Å². The fourth-order valence-corrected chi connectivity index (χ4v) is 3.57. The first-order valence-electron chi connectivity index (χ1n) is 6.30. The maximum Gasteiger partial charge on any atom is 0.327 e. The number of carboxylic acids is 1. The summed E-state index contributed by atoms with van der Waals surface area (Å²) in [6.07, 6.45) is 0.759. The van der Waals surface area contributed by atoms with Crippen LogP contribution >= 0.6 is 11.8 Å². The van der Waals surface area contributed by atoms with E-state index in [4.69, 9.17) is 5.73 Å². The zero-order valence-corrected chi connectivity index (χ0v) is 11.9. The highest BCUT2D eigenvalue weighted by molar-refractivity contribution is 8.00. The van der Waals surface area contributed by atoms with Gasteiger partial charge in [-0.05, 0) is 12.3 Å². The van der Waals surface area contributed by atoms with Crippen molar-refractivity contribution in [2.24, 2.45) is 17.6 Å². The Labute approximate surface area is 112 Å². The van der Waals surface area contributed by atoms with Crippen LogP contribution in [0.5, 0.6) is 0 Å². The van der Waals surface area contributed by atoms with Crippen LogP contribution in [-0.4, -0.2) is 45.6 Å². The van der Waals surface area contributed by atoms with Crippen LogP contribution in [0.25, 0.3) is 0 Å². The van der Waals surface area contributed by atoms with Gasteiger partial charge in [0.25, 0.3) is 0 Å². The Morgan fingerprint density at radius 1 is 1.50 bits per heavy atom. The van der Waals surface area contributed by atoms with Crippen molar-refractivity contribution in [3.63, 3.8) is 0 Å². The van der Waals surface area contributed by atoms with Crippen molar-refractivity contribution in [1.29, 1.82) is 0 Å². The molecule has 3 unspecified atom stereocenters. The van der Waals surface area contributed by atoms with Crippen molar-refractivity contribution in [3.05, 3.63) is 0 Å². The van der Waals surface area contributed by atoms with E-state index in [1.807, 2.05) is 20.8 Å². The summed E-state index contributed by atoms with van der Waals surface area (Å²) in [5, 5.41) is 9.16. The van der Waals surface area contributed by atoms with E-state index in [1.54, 1.807) is 0 Å². The number of carboxylic acid groups (broad SMARTS) is 1. The summed E-state index contributed by atoms with van der Waals surface area (Å²) in [6, 6.07) is -0.708. The first kappa shape index (κ1) is 15.3. The second kappa shape index (κ2) is 6.43. The third-order valence-corrected chi connectivity index (χ3v) is 4.81. The molecule has 1 saturated heterocycles. The van der Waals surface area contributed by atoms with Gasteiger partial charge in [-0.1, -0.05) is 20.8 Å². The number of nitrogens with zero attached hydrogens (tertiary/aromatic N) is 1. The summed E-state index contributed by atoms with van der Waals surface area (Å²) in [5.74, 6) is -0.739. The molecule has 0 radical (unpaired) electrons. The fourth-order valence-electron chi connectivity index (χ4n) is 2.21. The first-order chi connectivity index (χ1) is 8.43. The number of carbonyl (C=O) groups is 2. The zero-order valence-electron chi connectivity index (χ0n) is 11.1. The van der Waals surface area contributed by atoms with Crippen LogP contribution in [-0.2, 0) is 9.59 Å². The van der Waals surface area contributed by atoms with Crippen molar-refractivity contribution in [1.82, 2.24) is 4.90 Å². The van der Waals surface area contributed by atoms with Gasteiger partial charge in [0.2, 0.25) is 5.91 Å². The standard InChI is InChI=1S/C12H22N2O3S/c1-4-10-14(9(6-18-10)12(16)17)11(15)8(5-13)7(2)3/h7-10H,4-6,13H2,1-3H3,(H,16,17). The minimum absolute atomic E-state index is 0.0357. The maximum atomic E-state index is 12.5. The maximum absolute atomic E-state index is 12.5. The number of rotatable bonds is 5. The SMILES string of the molecule is CCC1SCC(C(=O)O)N1C(=O)C(CN)C(C)C. The summed E-state index contributed by atoms with van der Waals surface area (Å²) in [5.41, 5.74) is 5.65. The molecule has 1 aliphatic rings. The average Bonchev–Trinajstić information content (AvgIpc) is 2.72. The highest BCUT2D eigenvalue weighted by atomic mass is 32.2. The van der Waals surface area contributed by atoms with Crippen molar-refractivity contribution in [2.45, 2.75) is 38.6 Å². The monoisotopic (exact) mass is 274 g/mol. The molecule has 0 aliphatic carbocycles. The van der Waals surface area contributed by atoms with E-state index in [0.29, 0.717) is 5.75 Å². The number of hydrogen-bond donors (Lipinski definition) is 2. The predicted octanol–water partition coefficient (Wildman–Crippen LogP) is 0.982. The number of hydrogen-bond acceptors (Lipinski definition) is 4. The number of amides is 1. The first-order valence-corrected chi connectivity index (χ1v) is 7.35. The smallest absolute Gasteiger partial charge is 0.327 e. The Balaban J connectivity index is 2.93. The van der Waals surface area contributed by atoms with E-state index in [-0.39, 0.29) is 29.7 Å². The molecule has 3 N–H and O–H groups in total. The van der Waals surface area contributed by atoms with Crippen LogP contribution in [0.1, 0.15) is 27.2 Å². The van der Waals surface area contributed by atoms with Crippen LogP contribution < -0.4 is 5.73 Å². The van der Waals surface area contributed by atoms with E-state index in [1.165, 1.54) is 16.7 Å². The Bertz CT molecular complexity index is 322. The number of nitrogens with two attached hydrogens (primary N) is 1. The van der Waals surface area contributed by atoms with Crippen molar-refractivity contribution in [3.8, 4) is 0 Å². The van der Waals surface area contributed by atoms with Crippen LogP contribution in [0, 0.1) is 11.8 Å². The minimum atomic E-state index is -0.925. The van der Waals surface area contributed by atoms with E-state index < -0.39 is 12.0 Å². The van der Waals surface area contributed by atoms with Crippen LogP contribution in [0.15, 0.2) is 0 Å². The van der Waals surface area contributed by atoms with Crippen molar-refractivity contribution < 1.29 is 14.7 Å². The molecule has 0 spiro atoms. The Hall–Kier alpha value is -0.750. The van der Waals surface area contributed by atoms with Gasteiger partial charge in [-0.2, -0.15) is 0 Å². The average molecular weight is 274 g/mol. The molecule has 0 saturated carbocycles. The summed E-state index contributed by atoms with van der Waals surface area (Å²) >= 11 is 1.54. The molecule has 5 nitrogen and oxygen atoms in total. The molecule has 1 heterocycles. The zero-order chi connectivity index (χ0) is 13.9. The molecule has 18 heavy (non-hydrogen) atoms. The highest BCUT2D eigenvalue weighted by Crippen LogP contribution is 2.33. The van der Waals surface area contributed by atoms with Crippen molar-refractivity contribution >= 4 is 23.6 Å². The number of thioether (sulfide) groups is 1. The molecule has 1 rings (SSSR count). The Morgan fingerprint density at radius 2 is 2.11 bits per heavy atom. The third-order valence-electron chi connectivity index (χ3n) is 3.36. The largest absolute Gasteiger partial charge is 0.480 e. The molecule has 104 valence electrons. The molecular formula is C12H22N2O3S. The highest BCUT2D eigenvalue weighted by Gasteiger charge is 2.43. The Kier molecular flexibility index (Phi) is 5.47. The van der Waals surface area contributed by atoms with Gasteiger partial charge in [0.15, 0.2) is 0 Å². The third kappa shape index (κ3) is 2.98. The van der Waals surface area contributed by atoms with Gasteiger partial charge in [-0.15, -0.1) is 11.8 Å².